The van der Waals surface area contributed by atoms with Gasteiger partial charge >= 0.3 is 0 Å². The molecule has 1 amide bonds. The highest BCUT2D eigenvalue weighted by atomic mass is 79.9. The van der Waals surface area contributed by atoms with Gasteiger partial charge in [-0.2, -0.15) is 4.72 Å². The Labute approximate surface area is 190 Å². The molecule has 29 heavy (non-hydrogen) atoms. The molecular weight excluding hydrogens is 540 g/mol. The van der Waals surface area contributed by atoms with Crippen LogP contribution in [0.1, 0.15) is 11.1 Å². The van der Waals surface area contributed by atoms with Crippen LogP contribution in [0.4, 0.5) is 5.69 Å². The molecule has 5 nitrogen and oxygen atoms in total. The number of rotatable bonds is 7. The van der Waals surface area contributed by atoms with Crippen molar-refractivity contribution in [2.24, 2.45) is 0 Å². The SMILES string of the molecule is Cc1cc(NC(=O)[C@H](Cc2ccccc2)NS(=O)(=O)c2ccc(Br)s2)ccc1Br. The average molecular weight is 558 g/mol. The largest absolute Gasteiger partial charge is 0.325 e. The monoisotopic (exact) mass is 556 g/mol. The van der Waals surface area contributed by atoms with E-state index in [4.69, 9.17) is 0 Å². The number of benzene rings is 2. The number of anilines is 1. The van der Waals surface area contributed by atoms with E-state index < -0.39 is 22.0 Å². The van der Waals surface area contributed by atoms with E-state index in [0.29, 0.717) is 9.47 Å². The van der Waals surface area contributed by atoms with Gasteiger partial charge in [0.1, 0.15) is 10.3 Å². The lowest BCUT2D eigenvalue weighted by molar-refractivity contribution is -0.117. The van der Waals surface area contributed by atoms with Crippen molar-refractivity contribution in [2.75, 3.05) is 5.32 Å². The maximum Gasteiger partial charge on any atom is 0.250 e. The summed E-state index contributed by atoms with van der Waals surface area (Å²) in [7, 11) is -3.84. The summed E-state index contributed by atoms with van der Waals surface area (Å²) in [6.07, 6.45) is 0.230. The van der Waals surface area contributed by atoms with Crippen molar-refractivity contribution in [1.29, 1.82) is 0 Å². The summed E-state index contributed by atoms with van der Waals surface area (Å²) in [6, 6.07) is 16.9. The second kappa shape index (κ2) is 9.53. The van der Waals surface area contributed by atoms with E-state index in [0.717, 1.165) is 26.9 Å². The van der Waals surface area contributed by atoms with Crippen molar-refractivity contribution in [1.82, 2.24) is 4.72 Å². The van der Waals surface area contributed by atoms with Gasteiger partial charge in [-0.1, -0.05) is 46.3 Å². The van der Waals surface area contributed by atoms with Crippen molar-refractivity contribution in [3.8, 4) is 0 Å². The normalized spacial score (nSPS) is 12.5. The van der Waals surface area contributed by atoms with Crippen LogP contribution >= 0.6 is 43.2 Å². The second-order valence-corrected chi connectivity index (χ2v) is 11.6. The second-order valence-electron chi connectivity index (χ2n) is 6.38. The van der Waals surface area contributed by atoms with Gasteiger partial charge in [0.25, 0.3) is 10.0 Å². The van der Waals surface area contributed by atoms with Crippen molar-refractivity contribution in [3.05, 3.63) is 80.0 Å². The Hall–Kier alpha value is -1.52. The summed E-state index contributed by atoms with van der Waals surface area (Å²) < 4.78 is 29.9. The molecule has 0 aliphatic rings. The van der Waals surface area contributed by atoms with E-state index in [9.17, 15) is 13.2 Å². The summed E-state index contributed by atoms with van der Waals surface area (Å²) in [5.41, 5.74) is 2.42. The Morgan fingerprint density at radius 1 is 1.07 bits per heavy atom. The maximum atomic E-state index is 13.0. The van der Waals surface area contributed by atoms with E-state index in [1.54, 1.807) is 12.1 Å². The van der Waals surface area contributed by atoms with Crippen LogP contribution in [0.5, 0.6) is 0 Å². The highest BCUT2D eigenvalue weighted by Crippen LogP contribution is 2.26. The molecule has 2 aromatic carbocycles. The van der Waals surface area contributed by atoms with E-state index in [2.05, 4.69) is 41.9 Å². The predicted molar refractivity (Wildman–Crippen MR) is 124 cm³/mol. The molecule has 0 spiro atoms. The minimum atomic E-state index is -3.84. The molecule has 1 heterocycles. The fourth-order valence-corrected chi connectivity index (χ4v) is 6.15. The average Bonchev–Trinajstić information content (AvgIpc) is 3.12. The lowest BCUT2D eigenvalue weighted by Gasteiger charge is -2.18. The van der Waals surface area contributed by atoms with Crippen molar-refractivity contribution in [2.45, 2.75) is 23.6 Å². The van der Waals surface area contributed by atoms with E-state index in [1.165, 1.54) is 6.07 Å². The fourth-order valence-electron chi connectivity index (χ4n) is 2.68. The van der Waals surface area contributed by atoms with Gasteiger partial charge < -0.3 is 5.32 Å². The zero-order valence-electron chi connectivity index (χ0n) is 15.4. The van der Waals surface area contributed by atoms with Crippen LogP contribution in [0.2, 0.25) is 0 Å². The van der Waals surface area contributed by atoms with Gasteiger partial charge in [0.05, 0.1) is 3.79 Å². The number of carbonyl (C=O) groups excluding carboxylic acids is 1. The summed E-state index contributed by atoms with van der Waals surface area (Å²) >= 11 is 7.79. The molecule has 3 aromatic rings. The quantitative estimate of drug-likeness (QED) is 0.424. The summed E-state index contributed by atoms with van der Waals surface area (Å²) in [6.45, 7) is 1.92. The molecule has 0 saturated carbocycles. The third-order valence-corrected chi connectivity index (χ3v) is 8.61. The van der Waals surface area contributed by atoms with Gasteiger partial charge in [0, 0.05) is 10.2 Å². The first-order valence-electron chi connectivity index (χ1n) is 8.63. The lowest BCUT2D eigenvalue weighted by Crippen LogP contribution is -2.45. The molecule has 0 bridgehead atoms. The first kappa shape index (κ1) is 22.2. The Morgan fingerprint density at radius 2 is 1.79 bits per heavy atom. The number of nitrogens with one attached hydrogen (secondary N) is 2. The molecule has 3 rings (SSSR count). The highest BCUT2D eigenvalue weighted by Gasteiger charge is 2.27. The fraction of sp³-hybridized carbons (Fsp3) is 0.150. The molecule has 0 aliphatic carbocycles. The summed E-state index contributed by atoms with van der Waals surface area (Å²) in [4.78, 5) is 13.0. The number of carbonyl (C=O) groups is 1. The van der Waals surface area contributed by atoms with Crippen LogP contribution in [0.3, 0.4) is 0 Å². The Kier molecular flexibility index (Phi) is 7.28. The van der Waals surface area contributed by atoms with Gasteiger partial charge in [-0.05, 0) is 70.7 Å². The first-order chi connectivity index (χ1) is 13.7. The van der Waals surface area contributed by atoms with E-state index in [1.807, 2.05) is 49.4 Å². The number of thiophene rings is 1. The van der Waals surface area contributed by atoms with Crippen LogP contribution < -0.4 is 10.0 Å². The smallest absolute Gasteiger partial charge is 0.250 e. The molecule has 1 atom stereocenters. The first-order valence-corrected chi connectivity index (χ1v) is 12.5. The van der Waals surface area contributed by atoms with Gasteiger partial charge in [0.2, 0.25) is 5.91 Å². The highest BCUT2D eigenvalue weighted by molar-refractivity contribution is 9.11. The number of aryl methyl sites for hydroxylation is 1. The summed E-state index contributed by atoms with van der Waals surface area (Å²) in [5.74, 6) is -0.422. The minimum Gasteiger partial charge on any atom is -0.325 e. The molecule has 0 radical (unpaired) electrons. The third kappa shape index (κ3) is 5.99. The van der Waals surface area contributed by atoms with Crippen LogP contribution in [0.25, 0.3) is 0 Å². The van der Waals surface area contributed by atoms with Gasteiger partial charge in [-0.3, -0.25) is 4.79 Å². The topological polar surface area (TPSA) is 75.3 Å². The molecular formula is C20H18Br2N2O3S2. The van der Waals surface area contributed by atoms with Crippen LogP contribution in [0, 0.1) is 6.92 Å². The molecule has 9 heteroatoms. The zero-order chi connectivity index (χ0) is 21.0. The van der Waals surface area contributed by atoms with E-state index >= 15 is 0 Å². The zero-order valence-corrected chi connectivity index (χ0v) is 20.2. The standard InChI is InChI=1S/C20H18Br2N2O3S2/c1-13-11-15(7-8-16(13)21)23-20(25)17(12-14-5-3-2-4-6-14)24-29(26,27)19-10-9-18(22)28-19/h2-11,17,24H,12H2,1H3,(H,23,25)/t17-/m0/s1. The lowest BCUT2D eigenvalue weighted by atomic mass is 10.1. The number of halogens is 2. The number of hydrogen-bond acceptors (Lipinski definition) is 4. The van der Waals surface area contributed by atoms with Crippen LogP contribution in [-0.4, -0.2) is 20.4 Å². The Bertz CT molecular complexity index is 1120. The molecule has 2 N–H and O–H groups in total. The van der Waals surface area contributed by atoms with Gasteiger partial charge in [0.15, 0.2) is 0 Å². The molecule has 1 aromatic heterocycles. The maximum absolute atomic E-state index is 13.0. The Balaban J connectivity index is 1.85. The van der Waals surface area contributed by atoms with Gasteiger partial charge in [-0.25, -0.2) is 8.42 Å². The van der Waals surface area contributed by atoms with Crippen molar-refractivity contribution in [3.63, 3.8) is 0 Å². The number of amides is 1. The van der Waals surface area contributed by atoms with Gasteiger partial charge in [-0.15, -0.1) is 11.3 Å². The van der Waals surface area contributed by atoms with Crippen LogP contribution in [-0.2, 0) is 21.2 Å². The molecule has 0 saturated heterocycles. The van der Waals surface area contributed by atoms with Crippen LogP contribution in [0.15, 0.2) is 73.1 Å². The van der Waals surface area contributed by atoms with Crippen molar-refractivity contribution >= 4 is 64.8 Å². The number of hydrogen-bond donors (Lipinski definition) is 2. The Morgan fingerprint density at radius 3 is 2.41 bits per heavy atom. The third-order valence-electron chi connectivity index (χ3n) is 4.14. The number of sulfonamides is 1. The predicted octanol–water partition coefficient (Wildman–Crippen LogP) is 5.11. The van der Waals surface area contributed by atoms with Crippen molar-refractivity contribution < 1.29 is 13.2 Å². The molecule has 152 valence electrons. The summed E-state index contributed by atoms with van der Waals surface area (Å²) in [5, 5.41) is 2.82. The molecule has 0 unspecified atom stereocenters. The molecule has 0 fully saturated rings. The molecule has 0 aliphatic heterocycles. The minimum absolute atomic E-state index is 0.148. The van der Waals surface area contributed by atoms with E-state index in [-0.39, 0.29) is 10.6 Å².